The van der Waals surface area contributed by atoms with Gasteiger partial charge in [0.1, 0.15) is 0 Å². The van der Waals surface area contributed by atoms with E-state index in [1.165, 1.54) is 45.8 Å². The number of rotatable bonds is 3. The van der Waals surface area contributed by atoms with Crippen LogP contribution in [0, 0.1) is 9.49 Å². The van der Waals surface area contributed by atoms with Gasteiger partial charge in [-0.05, 0) is 75.5 Å². The molecule has 3 heteroatoms. The van der Waals surface area contributed by atoms with Crippen LogP contribution in [0.3, 0.4) is 0 Å². The summed E-state index contributed by atoms with van der Waals surface area (Å²) in [6.45, 7) is 2.32. The first-order valence-corrected chi connectivity index (χ1v) is 8.29. The summed E-state index contributed by atoms with van der Waals surface area (Å²) in [6, 6.07) is 7.21. The van der Waals surface area contributed by atoms with E-state index >= 15 is 0 Å². The van der Waals surface area contributed by atoms with E-state index in [0.717, 1.165) is 5.92 Å². The minimum Gasteiger partial charge on any atom is -0.382 e. The number of nitrogens with one attached hydrogen (secondary N) is 1. The summed E-state index contributed by atoms with van der Waals surface area (Å²) in [4.78, 5) is 0. The molecular formula is C14H19BrIN. The van der Waals surface area contributed by atoms with Crippen LogP contribution in [-0.4, -0.2) is 6.04 Å². The molecule has 1 aliphatic carbocycles. The standard InChI is InChI=1S/C14H19BrIN/c1-2-10-5-3-4-6-14(10)17-11-7-8-12(15)13(16)9-11/h7-10,14,17H,2-6H2,1H3. The van der Waals surface area contributed by atoms with Gasteiger partial charge in [-0.3, -0.25) is 0 Å². The van der Waals surface area contributed by atoms with Crippen molar-refractivity contribution in [3.63, 3.8) is 0 Å². The Labute approximate surface area is 126 Å². The lowest BCUT2D eigenvalue weighted by Gasteiger charge is -2.32. The number of halogens is 2. The SMILES string of the molecule is CCC1CCCCC1Nc1ccc(Br)c(I)c1. The predicted molar refractivity (Wildman–Crippen MR) is 86.5 cm³/mol. The zero-order valence-corrected chi connectivity index (χ0v) is 13.9. The molecule has 1 aromatic rings. The van der Waals surface area contributed by atoms with Crippen molar-refractivity contribution in [1.82, 2.24) is 0 Å². The number of hydrogen-bond donors (Lipinski definition) is 1. The highest BCUT2D eigenvalue weighted by atomic mass is 127. The third-order valence-corrected chi connectivity index (χ3v) is 6.03. The van der Waals surface area contributed by atoms with E-state index < -0.39 is 0 Å². The normalized spacial score (nSPS) is 24.6. The zero-order valence-electron chi connectivity index (χ0n) is 10.2. The fourth-order valence-electron chi connectivity index (χ4n) is 2.69. The highest BCUT2D eigenvalue weighted by Gasteiger charge is 2.23. The smallest absolute Gasteiger partial charge is 0.0353 e. The minimum absolute atomic E-state index is 0.672. The molecule has 2 rings (SSSR count). The molecule has 2 unspecified atom stereocenters. The van der Waals surface area contributed by atoms with Gasteiger partial charge in [0.25, 0.3) is 0 Å². The fraction of sp³-hybridized carbons (Fsp3) is 0.571. The van der Waals surface area contributed by atoms with Crippen LogP contribution >= 0.6 is 38.5 Å². The quantitative estimate of drug-likeness (QED) is 0.658. The van der Waals surface area contributed by atoms with Crippen LogP contribution in [0.1, 0.15) is 39.0 Å². The van der Waals surface area contributed by atoms with Crippen molar-refractivity contribution in [1.29, 1.82) is 0 Å². The molecule has 1 aliphatic rings. The van der Waals surface area contributed by atoms with Gasteiger partial charge in [0.15, 0.2) is 0 Å². The first kappa shape index (κ1) is 13.7. The molecule has 0 radical (unpaired) electrons. The molecule has 0 aromatic heterocycles. The summed E-state index contributed by atoms with van der Waals surface area (Å²) >= 11 is 5.92. The first-order valence-electron chi connectivity index (χ1n) is 6.42. The van der Waals surface area contributed by atoms with Gasteiger partial charge < -0.3 is 5.32 Å². The largest absolute Gasteiger partial charge is 0.382 e. The van der Waals surface area contributed by atoms with Crippen LogP contribution in [-0.2, 0) is 0 Å². The number of anilines is 1. The molecule has 0 aliphatic heterocycles. The monoisotopic (exact) mass is 407 g/mol. The molecule has 0 heterocycles. The van der Waals surface area contributed by atoms with Crippen LogP contribution < -0.4 is 5.32 Å². The Bertz CT molecular complexity index is 380. The lowest BCUT2D eigenvalue weighted by molar-refractivity contribution is 0.317. The van der Waals surface area contributed by atoms with Gasteiger partial charge in [-0.2, -0.15) is 0 Å². The molecule has 1 aromatic carbocycles. The van der Waals surface area contributed by atoms with Gasteiger partial charge in [0.2, 0.25) is 0 Å². The van der Waals surface area contributed by atoms with Gasteiger partial charge in [-0.1, -0.05) is 26.2 Å². The first-order chi connectivity index (χ1) is 8.20. The molecule has 1 saturated carbocycles. The van der Waals surface area contributed by atoms with Crippen molar-refractivity contribution in [3.8, 4) is 0 Å². The molecule has 1 nitrogen and oxygen atoms in total. The third-order valence-electron chi connectivity index (χ3n) is 3.71. The van der Waals surface area contributed by atoms with Gasteiger partial charge in [0, 0.05) is 19.8 Å². The van der Waals surface area contributed by atoms with E-state index in [4.69, 9.17) is 0 Å². The summed E-state index contributed by atoms with van der Waals surface area (Å²) in [6.07, 6.45) is 6.80. The topological polar surface area (TPSA) is 12.0 Å². The van der Waals surface area contributed by atoms with E-state index in [9.17, 15) is 0 Å². The van der Waals surface area contributed by atoms with Crippen molar-refractivity contribution in [2.75, 3.05) is 5.32 Å². The van der Waals surface area contributed by atoms with Crippen molar-refractivity contribution in [2.45, 2.75) is 45.1 Å². The molecule has 0 saturated heterocycles. The second-order valence-corrected chi connectivity index (χ2v) is 6.85. The van der Waals surface area contributed by atoms with E-state index in [1.54, 1.807) is 0 Å². The Morgan fingerprint density at radius 3 is 2.82 bits per heavy atom. The fourth-order valence-corrected chi connectivity index (χ4v) is 3.45. The summed E-state index contributed by atoms with van der Waals surface area (Å²) < 4.78 is 2.45. The van der Waals surface area contributed by atoms with Crippen LogP contribution in [0.25, 0.3) is 0 Å². The molecule has 0 amide bonds. The molecule has 2 atom stereocenters. The van der Waals surface area contributed by atoms with Crippen molar-refractivity contribution in [3.05, 3.63) is 26.2 Å². The lowest BCUT2D eigenvalue weighted by Crippen LogP contribution is -2.31. The van der Waals surface area contributed by atoms with E-state index in [0.29, 0.717) is 6.04 Å². The van der Waals surface area contributed by atoms with Crippen LogP contribution in [0.2, 0.25) is 0 Å². The van der Waals surface area contributed by atoms with Crippen molar-refractivity contribution >= 4 is 44.2 Å². The van der Waals surface area contributed by atoms with E-state index in [1.807, 2.05) is 0 Å². The molecule has 1 N–H and O–H groups in total. The summed E-state index contributed by atoms with van der Waals surface area (Å²) in [7, 11) is 0. The van der Waals surface area contributed by atoms with Crippen LogP contribution in [0.5, 0.6) is 0 Å². The van der Waals surface area contributed by atoms with E-state index in [-0.39, 0.29) is 0 Å². The van der Waals surface area contributed by atoms with Crippen LogP contribution in [0.15, 0.2) is 22.7 Å². The third kappa shape index (κ3) is 3.60. The Morgan fingerprint density at radius 2 is 2.12 bits per heavy atom. The Hall–Kier alpha value is 0.230. The van der Waals surface area contributed by atoms with E-state index in [2.05, 4.69) is 69.0 Å². The van der Waals surface area contributed by atoms with Crippen LogP contribution in [0.4, 0.5) is 5.69 Å². The highest BCUT2D eigenvalue weighted by molar-refractivity contribution is 14.1. The molecular weight excluding hydrogens is 389 g/mol. The average Bonchev–Trinajstić information content (AvgIpc) is 2.34. The average molecular weight is 408 g/mol. The van der Waals surface area contributed by atoms with Crippen molar-refractivity contribution in [2.24, 2.45) is 5.92 Å². The highest BCUT2D eigenvalue weighted by Crippen LogP contribution is 2.30. The molecule has 1 fully saturated rings. The maximum Gasteiger partial charge on any atom is 0.0353 e. The van der Waals surface area contributed by atoms with Gasteiger partial charge in [0.05, 0.1) is 0 Å². The number of benzene rings is 1. The maximum atomic E-state index is 3.72. The van der Waals surface area contributed by atoms with Crippen molar-refractivity contribution < 1.29 is 0 Å². The molecule has 0 bridgehead atoms. The number of hydrogen-bond acceptors (Lipinski definition) is 1. The Balaban J connectivity index is 2.05. The molecule has 17 heavy (non-hydrogen) atoms. The Kier molecular flexibility index (Phi) is 5.15. The van der Waals surface area contributed by atoms with Gasteiger partial charge in [-0.25, -0.2) is 0 Å². The van der Waals surface area contributed by atoms with Gasteiger partial charge >= 0.3 is 0 Å². The second-order valence-electron chi connectivity index (χ2n) is 4.83. The summed E-state index contributed by atoms with van der Waals surface area (Å²) in [5.74, 6) is 0.852. The maximum absolute atomic E-state index is 3.72. The molecule has 0 spiro atoms. The zero-order chi connectivity index (χ0) is 12.3. The Morgan fingerprint density at radius 1 is 1.35 bits per heavy atom. The predicted octanol–water partition coefficient (Wildman–Crippen LogP) is 5.43. The lowest BCUT2D eigenvalue weighted by atomic mass is 9.83. The minimum atomic E-state index is 0.672. The molecule has 94 valence electrons. The van der Waals surface area contributed by atoms with Gasteiger partial charge in [-0.15, -0.1) is 0 Å². The second kappa shape index (κ2) is 6.41. The summed E-state index contributed by atoms with van der Waals surface area (Å²) in [5.41, 5.74) is 1.27. The summed E-state index contributed by atoms with van der Waals surface area (Å²) in [5, 5.41) is 3.72.